The van der Waals surface area contributed by atoms with Crippen LogP contribution in [0, 0.1) is 0 Å². The molecule has 0 saturated carbocycles. The highest BCUT2D eigenvalue weighted by Crippen LogP contribution is 2.01. The minimum absolute atomic E-state index is 0.0406. The zero-order valence-electron chi connectivity index (χ0n) is 15.6. The third-order valence-corrected chi connectivity index (χ3v) is 3.94. The fraction of sp³-hybridized carbons (Fsp3) is 0.500. The number of guanidine groups is 1. The number of aliphatic imine (C=N–C) groups is 1. The van der Waals surface area contributed by atoms with Gasteiger partial charge in [-0.1, -0.05) is 42.8 Å². The van der Waals surface area contributed by atoms with Gasteiger partial charge in [-0.3, -0.25) is 9.79 Å². The van der Waals surface area contributed by atoms with Crippen LogP contribution in [0.1, 0.15) is 37.7 Å². The van der Waals surface area contributed by atoms with E-state index in [4.69, 9.17) is 0 Å². The quantitative estimate of drug-likeness (QED) is 0.281. The van der Waals surface area contributed by atoms with Crippen LogP contribution < -0.4 is 10.6 Å². The van der Waals surface area contributed by atoms with Crippen LogP contribution in [0.5, 0.6) is 0 Å². The molecule has 5 nitrogen and oxygen atoms in total. The van der Waals surface area contributed by atoms with Gasteiger partial charge in [-0.05, 0) is 24.8 Å². The van der Waals surface area contributed by atoms with Crippen molar-refractivity contribution in [3.8, 4) is 0 Å². The molecule has 0 aliphatic carbocycles. The molecule has 0 atom stereocenters. The van der Waals surface area contributed by atoms with Crippen molar-refractivity contribution in [3.05, 3.63) is 48.6 Å². The maximum absolute atomic E-state index is 11.9. The van der Waals surface area contributed by atoms with Crippen LogP contribution in [-0.2, 0) is 11.3 Å². The van der Waals surface area contributed by atoms with Crippen molar-refractivity contribution in [2.75, 3.05) is 27.2 Å². The number of benzene rings is 1. The number of amides is 1. The largest absolute Gasteiger partial charge is 0.356 e. The van der Waals surface area contributed by atoms with Gasteiger partial charge in [-0.2, -0.15) is 0 Å². The molecule has 0 heterocycles. The number of rotatable bonds is 11. The van der Waals surface area contributed by atoms with E-state index in [1.807, 2.05) is 43.5 Å². The molecule has 0 aliphatic rings. The summed E-state index contributed by atoms with van der Waals surface area (Å²) in [6, 6.07) is 9.92. The molecular formula is C20H32N4O. The number of allylic oxidation sites excluding steroid dienone is 1. The predicted molar refractivity (Wildman–Crippen MR) is 106 cm³/mol. The van der Waals surface area contributed by atoms with Crippen LogP contribution in [0.2, 0.25) is 0 Å². The first-order valence-electron chi connectivity index (χ1n) is 9.00. The number of hydrogen-bond acceptors (Lipinski definition) is 2. The van der Waals surface area contributed by atoms with E-state index >= 15 is 0 Å². The number of unbranched alkanes of at least 4 members (excludes halogenated alkanes) is 3. The van der Waals surface area contributed by atoms with Crippen molar-refractivity contribution in [3.63, 3.8) is 0 Å². The number of nitrogens with one attached hydrogen (secondary N) is 2. The zero-order chi connectivity index (χ0) is 18.3. The molecule has 0 aliphatic heterocycles. The van der Waals surface area contributed by atoms with Crippen LogP contribution >= 0.6 is 0 Å². The monoisotopic (exact) mass is 344 g/mol. The molecule has 0 bridgehead atoms. The molecular weight excluding hydrogens is 312 g/mol. The summed E-state index contributed by atoms with van der Waals surface area (Å²) in [5.41, 5.74) is 1.11. The molecule has 2 N–H and O–H groups in total. The highest BCUT2D eigenvalue weighted by molar-refractivity contribution is 5.81. The Morgan fingerprint density at radius 1 is 1.20 bits per heavy atom. The Morgan fingerprint density at radius 2 is 1.96 bits per heavy atom. The third kappa shape index (κ3) is 9.55. The van der Waals surface area contributed by atoms with Gasteiger partial charge >= 0.3 is 0 Å². The molecule has 1 aromatic rings. The van der Waals surface area contributed by atoms with Gasteiger partial charge in [0.05, 0.1) is 0 Å². The van der Waals surface area contributed by atoms with Crippen molar-refractivity contribution in [2.24, 2.45) is 4.99 Å². The summed E-state index contributed by atoms with van der Waals surface area (Å²) in [5.74, 6) is 0.874. The van der Waals surface area contributed by atoms with E-state index < -0.39 is 0 Å². The maximum Gasteiger partial charge on any atom is 0.222 e. The SMILES string of the molecule is C=CCCCCCN(C)C(=NC)NCCC(=O)NCc1ccccc1. The summed E-state index contributed by atoms with van der Waals surface area (Å²) in [6.07, 6.45) is 6.98. The molecule has 0 unspecified atom stereocenters. The number of carbonyl (C=O) groups excluding carboxylic acids is 1. The lowest BCUT2D eigenvalue weighted by molar-refractivity contribution is -0.121. The summed E-state index contributed by atoms with van der Waals surface area (Å²) in [5, 5.41) is 6.18. The lowest BCUT2D eigenvalue weighted by atomic mass is 10.2. The van der Waals surface area contributed by atoms with Crippen LogP contribution in [0.15, 0.2) is 48.0 Å². The molecule has 25 heavy (non-hydrogen) atoms. The molecule has 5 heteroatoms. The predicted octanol–water partition coefficient (Wildman–Crippen LogP) is 2.95. The Hall–Kier alpha value is -2.30. The Labute approximate surface area is 152 Å². The first-order valence-corrected chi connectivity index (χ1v) is 9.00. The lowest BCUT2D eigenvalue weighted by Gasteiger charge is -2.22. The second-order valence-corrected chi connectivity index (χ2v) is 6.05. The van der Waals surface area contributed by atoms with Crippen LogP contribution in [0.4, 0.5) is 0 Å². The summed E-state index contributed by atoms with van der Waals surface area (Å²) in [7, 11) is 3.80. The van der Waals surface area contributed by atoms with Crippen molar-refractivity contribution >= 4 is 11.9 Å². The van der Waals surface area contributed by atoms with E-state index in [0.717, 1.165) is 30.9 Å². The van der Waals surface area contributed by atoms with Gasteiger partial charge in [0.2, 0.25) is 5.91 Å². The first kappa shape index (κ1) is 20.7. The van der Waals surface area contributed by atoms with Crippen LogP contribution in [-0.4, -0.2) is 44.0 Å². The van der Waals surface area contributed by atoms with Gasteiger partial charge in [0.25, 0.3) is 0 Å². The number of hydrogen-bond donors (Lipinski definition) is 2. The van der Waals surface area contributed by atoms with Gasteiger partial charge in [0.15, 0.2) is 5.96 Å². The Kier molecular flexibility index (Phi) is 10.8. The Morgan fingerprint density at radius 3 is 2.64 bits per heavy atom. The lowest BCUT2D eigenvalue weighted by Crippen LogP contribution is -2.40. The Bertz CT molecular complexity index is 528. The molecule has 0 radical (unpaired) electrons. The molecule has 1 aromatic carbocycles. The van der Waals surface area contributed by atoms with E-state index in [1.54, 1.807) is 7.05 Å². The van der Waals surface area contributed by atoms with E-state index in [-0.39, 0.29) is 5.91 Å². The highest BCUT2D eigenvalue weighted by Gasteiger charge is 2.06. The normalized spacial score (nSPS) is 11.0. The second-order valence-electron chi connectivity index (χ2n) is 6.05. The van der Waals surface area contributed by atoms with Crippen molar-refractivity contribution in [1.29, 1.82) is 0 Å². The summed E-state index contributed by atoms with van der Waals surface area (Å²) in [6.45, 7) is 5.84. The van der Waals surface area contributed by atoms with E-state index in [0.29, 0.717) is 19.5 Å². The average molecular weight is 345 g/mol. The van der Waals surface area contributed by atoms with E-state index in [2.05, 4.69) is 27.1 Å². The highest BCUT2D eigenvalue weighted by atomic mass is 16.1. The number of carbonyl (C=O) groups is 1. The molecule has 0 fully saturated rings. The second kappa shape index (κ2) is 13.0. The standard InChI is InChI=1S/C20H32N4O/c1-4-5-6-7-11-16-24(3)20(21-2)22-15-14-19(25)23-17-18-12-9-8-10-13-18/h4,8-10,12-13H,1,5-7,11,14-17H2,2-3H3,(H,21,22)(H,23,25). The smallest absolute Gasteiger partial charge is 0.222 e. The zero-order valence-corrected chi connectivity index (χ0v) is 15.6. The number of nitrogens with zero attached hydrogens (tertiary/aromatic N) is 2. The summed E-state index contributed by atoms with van der Waals surface area (Å²) >= 11 is 0. The van der Waals surface area contributed by atoms with E-state index in [1.165, 1.54) is 12.8 Å². The van der Waals surface area contributed by atoms with Gasteiger partial charge in [-0.15, -0.1) is 6.58 Å². The van der Waals surface area contributed by atoms with Gasteiger partial charge in [-0.25, -0.2) is 0 Å². The molecule has 0 saturated heterocycles. The Balaban J connectivity index is 2.18. The van der Waals surface area contributed by atoms with Crippen molar-refractivity contribution in [2.45, 2.75) is 38.6 Å². The van der Waals surface area contributed by atoms with Gasteiger partial charge < -0.3 is 15.5 Å². The topological polar surface area (TPSA) is 56.7 Å². The molecule has 0 spiro atoms. The first-order chi connectivity index (χ1) is 12.2. The fourth-order valence-corrected chi connectivity index (χ4v) is 2.48. The molecule has 0 aromatic heterocycles. The minimum Gasteiger partial charge on any atom is -0.356 e. The fourth-order valence-electron chi connectivity index (χ4n) is 2.48. The average Bonchev–Trinajstić information content (AvgIpc) is 2.64. The molecule has 138 valence electrons. The summed E-state index contributed by atoms with van der Waals surface area (Å²) in [4.78, 5) is 18.3. The minimum atomic E-state index is 0.0406. The molecule has 1 rings (SSSR count). The summed E-state index contributed by atoms with van der Waals surface area (Å²) < 4.78 is 0. The van der Waals surface area contributed by atoms with Gasteiger partial charge in [0.1, 0.15) is 0 Å². The van der Waals surface area contributed by atoms with Gasteiger partial charge in [0, 0.05) is 40.2 Å². The van der Waals surface area contributed by atoms with Crippen LogP contribution in [0.25, 0.3) is 0 Å². The third-order valence-electron chi connectivity index (χ3n) is 3.94. The van der Waals surface area contributed by atoms with E-state index in [9.17, 15) is 4.79 Å². The van der Waals surface area contributed by atoms with Crippen LogP contribution in [0.3, 0.4) is 0 Å². The molecule has 1 amide bonds. The van der Waals surface area contributed by atoms with Crippen molar-refractivity contribution in [1.82, 2.24) is 15.5 Å². The maximum atomic E-state index is 11.9. The van der Waals surface area contributed by atoms with Crippen molar-refractivity contribution < 1.29 is 4.79 Å².